The van der Waals surface area contributed by atoms with E-state index in [1.807, 2.05) is 18.2 Å². The first-order valence-electron chi connectivity index (χ1n) is 12.4. The fourth-order valence-electron chi connectivity index (χ4n) is 5.80. The second-order valence-electron chi connectivity index (χ2n) is 9.98. The quantitative estimate of drug-likeness (QED) is 0.665. The van der Waals surface area contributed by atoms with Crippen LogP contribution >= 0.6 is 0 Å². The van der Waals surface area contributed by atoms with Crippen LogP contribution in [0.1, 0.15) is 48.1 Å². The number of aromatic nitrogens is 1. The molecule has 3 aliphatic heterocycles. The minimum atomic E-state index is -1.11. The van der Waals surface area contributed by atoms with Crippen molar-refractivity contribution >= 4 is 11.9 Å². The first kappa shape index (κ1) is 23.0. The fourth-order valence-corrected chi connectivity index (χ4v) is 5.80. The molecule has 1 N–H and O–H groups in total. The molecule has 3 fully saturated rings. The molecule has 34 heavy (non-hydrogen) atoms. The van der Waals surface area contributed by atoms with Gasteiger partial charge in [-0.3, -0.25) is 19.6 Å². The molecule has 2 atom stereocenters. The molecular weight excluding hydrogens is 428 g/mol. The summed E-state index contributed by atoms with van der Waals surface area (Å²) in [5, 5.41) is 3.11. The van der Waals surface area contributed by atoms with Crippen LogP contribution in [0.15, 0.2) is 42.6 Å². The molecule has 4 heterocycles. The molecule has 3 aliphatic rings. The normalized spacial score (nSPS) is 26.3. The molecule has 0 bridgehead atoms. The van der Waals surface area contributed by atoms with E-state index in [9.17, 15) is 9.59 Å². The van der Waals surface area contributed by atoms with Gasteiger partial charge in [-0.25, -0.2) is 4.79 Å². The zero-order valence-corrected chi connectivity index (χ0v) is 20.1. The molecule has 7 nitrogen and oxygen atoms in total. The summed E-state index contributed by atoms with van der Waals surface area (Å²) in [5.74, 6) is -0.191. The number of rotatable bonds is 6. The van der Waals surface area contributed by atoms with Crippen molar-refractivity contribution in [2.75, 3.05) is 26.2 Å². The first-order chi connectivity index (χ1) is 16.5. The highest BCUT2D eigenvalue weighted by Gasteiger charge is 2.58. The van der Waals surface area contributed by atoms with Crippen LogP contribution in [0.25, 0.3) is 0 Å². The highest BCUT2D eigenvalue weighted by molar-refractivity contribution is 6.07. The number of aryl methyl sites for hydroxylation is 2. The van der Waals surface area contributed by atoms with Crippen LogP contribution < -0.4 is 5.32 Å². The topological polar surface area (TPSA) is 74.8 Å². The summed E-state index contributed by atoms with van der Waals surface area (Å²) in [6.07, 6.45) is 5.12. The van der Waals surface area contributed by atoms with E-state index in [0.29, 0.717) is 18.8 Å². The molecule has 3 saturated heterocycles. The Kier molecular flexibility index (Phi) is 6.40. The van der Waals surface area contributed by atoms with Crippen LogP contribution in [0, 0.1) is 19.8 Å². The number of urea groups is 1. The minimum absolute atomic E-state index is 0.0105. The number of ether oxygens (including phenoxy) is 1. The summed E-state index contributed by atoms with van der Waals surface area (Å²) in [6, 6.07) is 11.9. The number of nitrogens with one attached hydrogen (secondary N) is 1. The largest absolute Gasteiger partial charge is 0.376 e. The van der Waals surface area contributed by atoms with Crippen LogP contribution in [0.2, 0.25) is 0 Å². The number of pyridine rings is 1. The smallest absolute Gasteiger partial charge is 0.325 e. The standard InChI is InChI=1S/C27H34N4O3/c1-19-8-9-21(20(2)16-19)17-30-13-10-22(11-14-30)27(24-7-3-4-12-28-24)25(32)31(26(33)29-27)18-23-6-5-15-34-23/h3-4,7-9,12,16,22-23H,5-6,10-11,13-15,17-18H2,1-2H3,(H,29,33). The maximum atomic E-state index is 13.9. The Hall–Kier alpha value is -2.77. The third kappa shape index (κ3) is 4.23. The van der Waals surface area contributed by atoms with Crippen molar-refractivity contribution in [2.24, 2.45) is 5.92 Å². The van der Waals surface area contributed by atoms with E-state index in [1.54, 1.807) is 6.20 Å². The van der Waals surface area contributed by atoms with Crippen molar-refractivity contribution in [1.29, 1.82) is 0 Å². The zero-order valence-electron chi connectivity index (χ0n) is 20.1. The van der Waals surface area contributed by atoms with Gasteiger partial charge >= 0.3 is 6.03 Å². The molecule has 0 aliphatic carbocycles. The molecule has 1 aromatic carbocycles. The van der Waals surface area contributed by atoms with Gasteiger partial charge in [-0.2, -0.15) is 0 Å². The van der Waals surface area contributed by atoms with Gasteiger partial charge in [0.2, 0.25) is 0 Å². The zero-order chi connectivity index (χ0) is 23.7. The molecule has 0 spiro atoms. The Morgan fingerprint density at radius 2 is 1.94 bits per heavy atom. The van der Waals surface area contributed by atoms with E-state index in [4.69, 9.17) is 4.74 Å². The van der Waals surface area contributed by atoms with Gasteiger partial charge in [-0.15, -0.1) is 0 Å². The molecule has 3 amide bonds. The first-order valence-corrected chi connectivity index (χ1v) is 12.4. The SMILES string of the molecule is Cc1ccc(CN2CCC(C3(c4ccccn4)NC(=O)N(CC4CCCO4)C3=O)CC2)c(C)c1. The summed E-state index contributed by atoms with van der Waals surface area (Å²) in [7, 11) is 0. The van der Waals surface area contributed by atoms with Gasteiger partial charge in [0.15, 0.2) is 5.54 Å². The summed E-state index contributed by atoms with van der Waals surface area (Å²) in [4.78, 5) is 35.4. The lowest BCUT2D eigenvalue weighted by Crippen LogP contribution is -2.54. The van der Waals surface area contributed by atoms with E-state index in [2.05, 4.69) is 47.2 Å². The number of hydrogen-bond donors (Lipinski definition) is 1. The van der Waals surface area contributed by atoms with Crippen LogP contribution in [-0.2, 0) is 21.6 Å². The molecule has 0 saturated carbocycles. The van der Waals surface area contributed by atoms with Crippen molar-refractivity contribution in [1.82, 2.24) is 20.1 Å². The van der Waals surface area contributed by atoms with Crippen molar-refractivity contribution in [3.8, 4) is 0 Å². The number of amides is 3. The van der Waals surface area contributed by atoms with Gasteiger partial charge in [0, 0.05) is 19.3 Å². The Morgan fingerprint density at radius 3 is 2.62 bits per heavy atom. The molecule has 2 aromatic rings. The lowest BCUT2D eigenvalue weighted by Gasteiger charge is -2.40. The van der Waals surface area contributed by atoms with Gasteiger partial charge in [0.1, 0.15) is 0 Å². The molecule has 2 unspecified atom stereocenters. The van der Waals surface area contributed by atoms with Gasteiger partial charge in [-0.05, 0) is 81.8 Å². The average Bonchev–Trinajstić information content (AvgIpc) is 3.45. The molecular formula is C27H34N4O3. The maximum Gasteiger partial charge on any atom is 0.325 e. The van der Waals surface area contributed by atoms with E-state index < -0.39 is 5.54 Å². The number of likely N-dealkylation sites (tertiary alicyclic amines) is 1. The van der Waals surface area contributed by atoms with Crippen molar-refractivity contribution in [3.05, 3.63) is 65.0 Å². The fraction of sp³-hybridized carbons (Fsp3) is 0.519. The lowest BCUT2D eigenvalue weighted by atomic mass is 9.75. The Morgan fingerprint density at radius 1 is 1.12 bits per heavy atom. The second-order valence-corrected chi connectivity index (χ2v) is 9.98. The van der Waals surface area contributed by atoms with Crippen LogP contribution in [0.5, 0.6) is 0 Å². The van der Waals surface area contributed by atoms with Gasteiger partial charge in [-0.1, -0.05) is 29.8 Å². The third-order valence-electron chi connectivity index (χ3n) is 7.70. The number of carbonyl (C=O) groups excluding carboxylic acids is 2. The predicted octanol–water partition coefficient (Wildman–Crippen LogP) is 3.54. The van der Waals surface area contributed by atoms with Gasteiger partial charge in [0.25, 0.3) is 5.91 Å². The second kappa shape index (κ2) is 9.47. The summed E-state index contributed by atoms with van der Waals surface area (Å²) < 4.78 is 5.72. The Balaban J connectivity index is 1.35. The highest BCUT2D eigenvalue weighted by atomic mass is 16.5. The highest BCUT2D eigenvalue weighted by Crippen LogP contribution is 2.41. The predicted molar refractivity (Wildman–Crippen MR) is 129 cm³/mol. The van der Waals surface area contributed by atoms with Gasteiger partial charge < -0.3 is 10.1 Å². The monoisotopic (exact) mass is 462 g/mol. The van der Waals surface area contributed by atoms with Crippen LogP contribution in [-0.4, -0.2) is 59.1 Å². The maximum absolute atomic E-state index is 13.9. The van der Waals surface area contributed by atoms with E-state index >= 15 is 0 Å². The molecule has 7 heteroatoms. The van der Waals surface area contributed by atoms with Crippen molar-refractivity contribution in [3.63, 3.8) is 0 Å². The minimum Gasteiger partial charge on any atom is -0.376 e. The molecule has 5 rings (SSSR count). The number of piperidine rings is 1. The Labute approximate surface area is 201 Å². The van der Waals surface area contributed by atoms with Crippen LogP contribution in [0.4, 0.5) is 4.79 Å². The summed E-state index contributed by atoms with van der Waals surface area (Å²) in [6.45, 7) is 7.95. The number of imide groups is 1. The van der Waals surface area contributed by atoms with Crippen molar-refractivity contribution < 1.29 is 14.3 Å². The van der Waals surface area contributed by atoms with Gasteiger partial charge in [0.05, 0.1) is 18.3 Å². The molecule has 1 aromatic heterocycles. The summed E-state index contributed by atoms with van der Waals surface area (Å²) >= 11 is 0. The average molecular weight is 463 g/mol. The van der Waals surface area contributed by atoms with Crippen molar-refractivity contribution in [2.45, 2.75) is 57.7 Å². The lowest BCUT2D eigenvalue weighted by molar-refractivity contribution is -0.135. The third-order valence-corrected chi connectivity index (χ3v) is 7.70. The molecule has 180 valence electrons. The van der Waals surface area contributed by atoms with E-state index in [-0.39, 0.29) is 24.0 Å². The Bertz CT molecular complexity index is 1050. The number of carbonyl (C=O) groups is 2. The molecule has 0 radical (unpaired) electrons. The van der Waals surface area contributed by atoms with Crippen LogP contribution in [0.3, 0.4) is 0 Å². The summed E-state index contributed by atoms with van der Waals surface area (Å²) in [5.41, 5.74) is 3.46. The number of benzene rings is 1. The number of hydrogen-bond acceptors (Lipinski definition) is 5. The van der Waals surface area contributed by atoms with E-state index in [1.165, 1.54) is 21.6 Å². The van der Waals surface area contributed by atoms with E-state index in [0.717, 1.165) is 45.3 Å². The number of nitrogens with zero attached hydrogens (tertiary/aromatic N) is 3.